The normalized spacial score (nSPS) is 19.6. The van der Waals surface area contributed by atoms with E-state index in [0.717, 1.165) is 37.4 Å². The van der Waals surface area contributed by atoms with Gasteiger partial charge in [-0.05, 0) is 75.3 Å². The summed E-state index contributed by atoms with van der Waals surface area (Å²) >= 11 is 0. The molecule has 4 rings (SSSR count). The van der Waals surface area contributed by atoms with Crippen LogP contribution < -0.4 is 19.7 Å². The molecule has 1 heterocycles. The zero-order chi connectivity index (χ0) is 24.6. The molecule has 2 aromatic carbocycles. The van der Waals surface area contributed by atoms with Gasteiger partial charge < -0.3 is 19.7 Å². The molecule has 1 N–H and O–H groups in total. The SMILES string of the molecule is CCCCC1CCC(C(=O)Nc2ccc3c(c2)N(CCCOc2ccc(C)cc2)C(=O)CO3)CC1. The van der Waals surface area contributed by atoms with E-state index in [1.54, 1.807) is 4.90 Å². The van der Waals surface area contributed by atoms with Crippen LogP contribution in [0.15, 0.2) is 42.5 Å². The van der Waals surface area contributed by atoms with Crippen LogP contribution in [0.5, 0.6) is 11.5 Å². The molecule has 35 heavy (non-hydrogen) atoms. The summed E-state index contributed by atoms with van der Waals surface area (Å²) in [5.41, 5.74) is 2.61. The Bertz CT molecular complexity index is 996. The van der Waals surface area contributed by atoms with Crippen LogP contribution in [0.3, 0.4) is 0 Å². The number of amides is 2. The molecule has 1 fully saturated rings. The monoisotopic (exact) mass is 478 g/mol. The fourth-order valence-electron chi connectivity index (χ4n) is 5.02. The molecule has 1 saturated carbocycles. The van der Waals surface area contributed by atoms with E-state index in [9.17, 15) is 9.59 Å². The first-order valence-corrected chi connectivity index (χ1v) is 13.1. The molecule has 2 amide bonds. The number of benzene rings is 2. The summed E-state index contributed by atoms with van der Waals surface area (Å²) in [5.74, 6) is 2.33. The summed E-state index contributed by atoms with van der Waals surface area (Å²) in [6.45, 7) is 5.34. The number of unbranched alkanes of at least 4 members (excludes halogenated alkanes) is 1. The van der Waals surface area contributed by atoms with Gasteiger partial charge in [-0.25, -0.2) is 0 Å². The Kier molecular flexibility index (Phi) is 8.67. The largest absolute Gasteiger partial charge is 0.494 e. The predicted molar refractivity (Wildman–Crippen MR) is 139 cm³/mol. The van der Waals surface area contributed by atoms with Crippen LogP contribution in [-0.2, 0) is 9.59 Å². The molecule has 0 spiro atoms. The first kappa shape index (κ1) is 25.1. The average molecular weight is 479 g/mol. The van der Waals surface area contributed by atoms with Crippen LogP contribution in [0.25, 0.3) is 0 Å². The number of carbonyl (C=O) groups excluding carboxylic acids is 2. The predicted octanol–water partition coefficient (Wildman–Crippen LogP) is 6.12. The van der Waals surface area contributed by atoms with Gasteiger partial charge in [0.1, 0.15) is 11.5 Å². The van der Waals surface area contributed by atoms with Gasteiger partial charge in [0, 0.05) is 18.2 Å². The number of hydrogen-bond donors (Lipinski definition) is 1. The molecule has 0 unspecified atom stereocenters. The van der Waals surface area contributed by atoms with Crippen molar-refractivity contribution in [1.29, 1.82) is 0 Å². The number of fused-ring (bicyclic) bond motifs is 1. The van der Waals surface area contributed by atoms with Gasteiger partial charge >= 0.3 is 0 Å². The molecule has 6 heteroatoms. The number of ether oxygens (including phenoxy) is 2. The van der Waals surface area contributed by atoms with Crippen molar-refractivity contribution in [3.8, 4) is 11.5 Å². The van der Waals surface area contributed by atoms with E-state index in [-0.39, 0.29) is 24.3 Å². The highest BCUT2D eigenvalue weighted by Gasteiger charge is 2.28. The van der Waals surface area contributed by atoms with Crippen LogP contribution >= 0.6 is 0 Å². The van der Waals surface area contributed by atoms with E-state index in [1.807, 2.05) is 49.4 Å². The number of carbonyl (C=O) groups is 2. The van der Waals surface area contributed by atoms with Crippen molar-refractivity contribution in [3.05, 3.63) is 48.0 Å². The minimum Gasteiger partial charge on any atom is -0.494 e. The molecule has 0 radical (unpaired) electrons. The second-order valence-electron chi connectivity index (χ2n) is 9.88. The summed E-state index contributed by atoms with van der Waals surface area (Å²) < 4.78 is 11.5. The van der Waals surface area contributed by atoms with Gasteiger partial charge in [0.25, 0.3) is 5.91 Å². The summed E-state index contributed by atoms with van der Waals surface area (Å²) in [7, 11) is 0. The van der Waals surface area contributed by atoms with Crippen molar-refractivity contribution in [1.82, 2.24) is 0 Å². The Balaban J connectivity index is 1.32. The zero-order valence-corrected chi connectivity index (χ0v) is 21.1. The molecular formula is C29H38N2O4. The maximum absolute atomic E-state index is 12.9. The second kappa shape index (κ2) is 12.1. The van der Waals surface area contributed by atoms with Gasteiger partial charge in [-0.3, -0.25) is 9.59 Å². The van der Waals surface area contributed by atoms with Crippen molar-refractivity contribution >= 4 is 23.2 Å². The van der Waals surface area contributed by atoms with Crippen molar-refractivity contribution in [3.63, 3.8) is 0 Å². The summed E-state index contributed by atoms with van der Waals surface area (Å²) in [6, 6.07) is 13.5. The maximum atomic E-state index is 12.9. The lowest BCUT2D eigenvalue weighted by Crippen LogP contribution is -2.40. The van der Waals surface area contributed by atoms with Crippen molar-refractivity contribution in [2.24, 2.45) is 11.8 Å². The average Bonchev–Trinajstić information content (AvgIpc) is 2.87. The lowest BCUT2D eigenvalue weighted by molar-refractivity contribution is -0.121. The van der Waals surface area contributed by atoms with E-state index in [2.05, 4.69) is 12.2 Å². The van der Waals surface area contributed by atoms with Crippen LogP contribution in [0.1, 0.15) is 63.9 Å². The van der Waals surface area contributed by atoms with Crippen molar-refractivity contribution in [2.75, 3.05) is 30.0 Å². The Morgan fingerprint density at radius 2 is 1.86 bits per heavy atom. The lowest BCUT2D eigenvalue weighted by atomic mass is 9.79. The number of rotatable bonds is 10. The number of anilines is 2. The molecule has 188 valence electrons. The third kappa shape index (κ3) is 6.77. The summed E-state index contributed by atoms with van der Waals surface area (Å²) in [6.07, 6.45) is 8.70. The highest BCUT2D eigenvalue weighted by atomic mass is 16.5. The lowest BCUT2D eigenvalue weighted by Gasteiger charge is -2.30. The molecule has 1 aliphatic carbocycles. The Morgan fingerprint density at radius 3 is 2.60 bits per heavy atom. The van der Waals surface area contributed by atoms with Gasteiger partial charge in [-0.1, -0.05) is 43.9 Å². The van der Waals surface area contributed by atoms with E-state index < -0.39 is 0 Å². The molecule has 0 saturated heterocycles. The number of hydrogen-bond acceptors (Lipinski definition) is 4. The zero-order valence-electron chi connectivity index (χ0n) is 21.1. The van der Waals surface area contributed by atoms with Gasteiger partial charge in [0.05, 0.1) is 12.3 Å². The van der Waals surface area contributed by atoms with Crippen LogP contribution in [0.2, 0.25) is 0 Å². The Hall–Kier alpha value is -3.02. The molecule has 2 aromatic rings. The van der Waals surface area contributed by atoms with E-state index in [0.29, 0.717) is 36.7 Å². The third-order valence-electron chi connectivity index (χ3n) is 7.17. The van der Waals surface area contributed by atoms with E-state index >= 15 is 0 Å². The molecule has 6 nitrogen and oxygen atoms in total. The van der Waals surface area contributed by atoms with Crippen molar-refractivity contribution in [2.45, 2.75) is 65.2 Å². The van der Waals surface area contributed by atoms with Crippen LogP contribution in [0, 0.1) is 18.8 Å². The molecule has 0 bridgehead atoms. The minimum absolute atomic E-state index is 0.0266. The summed E-state index contributed by atoms with van der Waals surface area (Å²) in [4.78, 5) is 27.3. The van der Waals surface area contributed by atoms with Crippen LogP contribution in [-0.4, -0.2) is 31.6 Å². The number of nitrogens with zero attached hydrogens (tertiary/aromatic N) is 1. The number of aryl methyl sites for hydroxylation is 1. The third-order valence-corrected chi connectivity index (χ3v) is 7.17. The van der Waals surface area contributed by atoms with Gasteiger partial charge in [-0.2, -0.15) is 0 Å². The number of nitrogens with one attached hydrogen (secondary N) is 1. The fraction of sp³-hybridized carbons (Fsp3) is 0.517. The fourth-order valence-corrected chi connectivity index (χ4v) is 5.02. The molecular weight excluding hydrogens is 440 g/mol. The van der Waals surface area contributed by atoms with Gasteiger partial charge in [-0.15, -0.1) is 0 Å². The Labute approximate surface area is 209 Å². The first-order valence-electron chi connectivity index (χ1n) is 13.1. The molecule has 0 atom stereocenters. The highest BCUT2D eigenvalue weighted by Crippen LogP contribution is 2.36. The first-order chi connectivity index (χ1) is 17.0. The maximum Gasteiger partial charge on any atom is 0.265 e. The standard InChI is InChI=1S/C29H38N2O4/c1-3-4-6-22-9-11-23(12-10-22)29(33)30-24-13-16-27-26(19-24)31(28(32)20-35-27)17-5-18-34-25-14-7-21(2)8-15-25/h7-8,13-16,19,22-23H,3-6,9-12,17-18,20H2,1-2H3,(H,30,33). The van der Waals surface area contributed by atoms with E-state index in [1.165, 1.54) is 24.8 Å². The second-order valence-corrected chi connectivity index (χ2v) is 9.88. The quantitative estimate of drug-likeness (QED) is 0.418. The van der Waals surface area contributed by atoms with Gasteiger partial charge in [0.2, 0.25) is 5.91 Å². The highest BCUT2D eigenvalue weighted by molar-refractivity contribution is 5.99. The molecule has 2 aliphatic rings. The van der Waals surface area contributed by atoms with Crippen LogP contribution in [0.4, 0.5) is 11.4 Å². The van der Waals surface area contributed by atoms with E-state index in [4.69, 9.17) is 9.47 Å². The summed E-state index contributed by atoms with van der Waals surface area (Å²) in [5, 5.41) is 3.09. The Morgan fingerprint density at radius 1 is 1.09 bits per heavy atom. The molecule has 0 aromatic heterocycles. The topological polar surface area (TPSA) is 67.9 Å². The smallest absolute Gasteiger partial charge is 0.265 e. The minimum atomic E-state index is -0.0817. The van der Waals surface area contributed by atoms with Crippen molar-refractivity contribution < 1.29 is 19.1 Å². The van der Waals surface area contributed by atoms with Gasteiger partial charge in [0.15, 0.2) is 6.61 Å². The molecule has 1 aliphatic heterocycles.